The van der Waals surface area contributed by atoms with Crippen LogP contribution in [0.15, 0.2) is 12.1 Å². The predicted octanol–water partition coefficient (Wildman–Crippen LogP) is 0.717. The maximum absolute atomic E-state index is 11.4. The Kier molecular flexibility index (Phi) is 2.24. The summed E-state index contributed by atoms with van der Waals surface area (Å²) in [6.45, 7) is 2.03. The molecule has 0 saturated heterocycles. The molecule has 2 heterocycles. The summed E-state index contributed by atoms with van der Waals surface area (Å²) in [4.78, 5) is 15.5. The van der Waals surface area contributed by atoms with Crippen LogP contribution in [0.5, 0.6) is 0 Å². The van der Waals surface area contributed by atoms with E-state index < -0.39 is 5.97 Å². The number of ether oxygens (including phenoxy) is 1. The second-order valence-electron chi connectivity index (χ2n) is 2.92. The van der Waals surface area contributed by atoms with E-state index in [0.29, 0.717) is 23.5 Å². The lowest BCUT2D eigenvalue weighted by molar-refractivity contribution is 0.0521. The molecule has 6 heteroatoms. The van der Waals surface area contributed by atoms with E-state index in [1.54, 1.807) is 19.1 Å². The van der Waals surface area contributed by atoms with Crippen LogP contribution in [0, 0.1) is 0 Å². The number of anilines is 1. The monoisotopic (exact) mass is 206 g/mol. The molecule has 0 atom stereocenters. The SMILES string of the molecule is CCOC(=O)c1n[nH]c2ccc(N)nc12. The molecule has 0 aliphatic heterocycles. The largest absolute Gasteiger partial charge is 0.461 e. The average Bonchev–Trinajstić information content (AvgIpc) is 2.60. The molecule has 2 aromatic rings. The number of hydrogen-bond donors (Lipinski definition) is 2. The Morgan fingerprint density at radius 1 is 1.60 bits per heavy atom. The predicted molar refractivity (Wildman–Crippen MR) is 54.3 cm³/mol. The molecule has 0 spiro atoms. The number of carbonyl (C=O) groups is 1. The molecule has 0 amide bonds. The minimum atomic E-state index is -0.498. The van der Waals surface area contributed by atoms with E-state index in [9.17, 15) is 4.79 Å². The number of fused-ring (bicyclic) bond motifs is 1. The highest BCUT2D eigenvalue weighted by atomic mass is 16.5. The molecule has 15 heavy (non-hydrogen) atoms. The first-order chi connectivity index (χ1) is 7.22. The lowest BCUT2D eigenvalue weighted by Gasteiger charge is -1.97. The minimum Gasteiger partial charge on any atom is -0.461 e. The smallest absolute Gasteiger partial charge is 0.361 e. The van der Waals surface area contributed by atoms with E-state index in [1.165, 1.54) is 0 Å². The summed E-state index contributed by atoms with van der Waals surface area (Å²) < 4.78 is 4.83. The second kappa shape index (κ2) is 3.56. The first-order valence-electron chi connectivity index (χ1n) is 4.50. The van der Waals surface area contributed by atoms with Gasteiger partial charge in [0, 0.05) is 0 Å². The number of aromatic nitrogens is 3. The number of hydrogen-bond acceptors (Lipinski definition) is 5. The summed E-state index contributed by atoms with van der Waals surface area (Å²) >= 11 is 0. The fourth-order valence-corrected chi connectivity index (χ4v) is 1.26. The molecular weight excluding hydrogens is 196 g/mol. The van der Waals surface area contributed by atoms with Crippen molar-refractivity contribution in [3.8, 4) is 0 Å². The van der Waals surface area contributed by atoms with Crippen LogP contribution in [0.3, 0.4) is 0 Å². The number of H-pyrrole nitrogens is 1. The molecule has 3 N–H and O–H groups in total. The van der Waals surface area contributed by atoms with E-state index in [2.05, 4.69) is 15.2 Å². The number of pyridine rings is 1. The molecule has 0 unspecified atom stereocenters. The van der Waals surface area contributed by atoms with Crippen LogP contribution in [-0.2, 0) is 4.74 Å². The van der Waals surface area contributed by atoms with Gasteiger partial charge in [-0.3, -0.25) is 5.10 Å². The van der Waals surface area contributed by atoms with Crippen LogP contribution in [0.1, 0.15) is 17.4 Å². The number of nitrogens with one attached hydrogen (secondary N) is 1. The molecule has 0 aliphatic carbocycles. The van der Waals surface area contributed by atoms with Crippen molar-refractivity contribution < 1.29 is 9.53 Å². The molecule has 78 valence electrons. The Balaban J connectivity index is 2.52. The maximum Gasteiger partial charge on any atom is 0.361 e. The lowest BCUT2D eigenvalue weighted by atomic mass is 10.3. The van der Waals surface area contributed by atoms with Gasteiger partial charge in [-0.25, -0.2) is 9.78 Å². The highest BCUT2D eigenvalue weighted by molar-refractivity contribution is 6.00. The summed E-state index contributed by atoms with van der Waals surface area (Å²) in [5, 5.41) is 6.52. The van der Waals surface area contributed by atoms with Crippen molar-refractivity contribution in [3.63, 3.8) is 0 Å². The van der Waals surface area contributed by atoms with Crippen LogP contribution < -0.4 is 5.73 Å². The topological polar surface area (TPSA) is 93.9 Å². The molecule has 0 aromatic carbocycles. The van der Waals surface area contributed by atoms with Crippen molar-refractivity contribution in [2.75, 3.05) is 12.3 Å². The van der Waals surface area contributed by atoms with Gasteiger partial charge >= 0.3 is 5.97 Å². The van der Waals surface area contributed by atoms with Crippen molar-refractivity contribution >= 4 is 22.8 Å². The number of nitrogen functional groups attached to an aromatic ring is 1. The van der Waals surface area contributed by atoms with Crippen LogP contribution in [0.4, 0.5) is 5.82 Å². The fourth-order valence-electron chi connectivity index (χ4n) is 1.26. The Morgan fingerprint density at radius 2 is 2.40 bits per heavy atom. The van der Waals surface area contributed by atoms with Crippen molar-refractivity contribution in [2.45, 2.75) is 6.92 Å². The van der Waals surface area contributed by atoms with E-state index >= 15 is 0 Å². The van der Waals surface area contributed by atoms with Gasteiger partial charge in [-0.2, -0.15) is 5.10 Å². The zero-order chi connectivity index (χ0) is 10.8. The molecule has 0 radical (unpaired) electrons. The van der Waals surface area contributed by atoms with Crippen LogP contribution >= 0.6 is 0 Å². The van der Waals surface area contributed by atoms with E-state index in [1.807, 2.05) is 0 Å². The molecule has 0 bridgehead atoms. The molecule has 2 rings (SSSR count). The summed E-state index contributed by atoms with van der Waals surface area (Å²) in [6.07, 6.45) is 0. The quantitative estimate of drug-likeness (QED) is 0.706. The molecule has 2 aromatic heterocycles. The van der Waals surface area contributed by atoms with Crippen LogP contribution in [0.2, 0.25) is 0 Å². The van der Waals surface area contributed by atoms with Gasteiger partial charge < -0.3 is 10.5 Å². The number of rotatable bonds is 2. The van der Waals surface area contributed by atoms with Crippen molar-refractivity contribution in [1.82, 2.24) is 15.2 Å². The third-order valence-corrected chi connectivity index (χ3v) is 1.90. The van der Waals surface area contributed by atoms with Crippen LogP contribution in [-0.4, -0.2) is 27.8 Å². The Labute approximate surface area is 85.4 Å². The van der Waals surface area contributed by atoms with E-state index in [4.69, 9.17) is 10.5 Å². The van der Waals surface area contributed by atoms with Gasteiger partial charge in [0.2, 0.25) is 0 Å². The van der Waals surface area contributed by atoms with E-state index in [0.717, 1.165) is 0 Å². The van der Waals surface area contributed by atoms with Gasteiger partial charge in [0.05, 0.1) is 12.1 Å². The summed E-state index contributed by atoms with van der Waals surface area (Å²) in [5.74, 6) is -0.156. The number of esters is 1. The third-order valence-electron chi connectivity index (χ3n) is 1.90. The van der Waals surface area contributed by atoms with Crippen molar-refractivity contribution in [1.29, 1.82) is 0 Å². The van der Waals surface area contributed by atoms with Crippen LogP contribution in [0.25, 0.3) is 11.0 Å². The highest BCUT2D eigenvalue weighted by Crippen LogP contribution is 2.15. The summed E-state index contributed by atoms with van der Waals surface area (Å²) in [7, 11) is 0. The van der Waals surface area contributed by atoms with Crippen molar-refractivity contribution in [3.05, 3.63) is 17.8 Å². The number of nitrogens with zero attached hydrogens (tertiary/aromatic N) is 2. The zero-order valence-electron chi connectivity index (χ0n) is 8.15. The molecular formula is C9H10N4O2. The minimum absolute atomic E-state index is 0.166. The van der Waals surface area contributed by atoms with Gasteiger partial charge in [0.15, 0.2) is 5.69 Å². The maximum atomic E-state index is 11.4. The molecule has 0 aliphatic rings. The van der Waals surface area contributed by atoms with Crippen molar-refractivity contribution in [2.24, 2.45) is 0 Å². The fraction of sp³-hybridized carbons (Fsp3) is 0.222. The zero-order valence-corrected chi connectivity index (χ0v) is 8.15. The Hall–Kier alpha value is -2.11. The van der Waals surface area contributed by atoms with Gasteiger partial charge in [0.25, 0.3) is 0 Å². The third kappa shape index (κ3) is 1.61. The summed E-state index contributed by atoms with van der Waals surface area (Å²) in [5.41, 5.74) is 6.78. The molecule has 0 fully saturated rings. The van der Waals surface area contributed by atoms with Gasteiger partial charge in [-0.1, -0.05) is 0 Å². The first-order valence-corrected chi connectivity index (χ1v) is 4.50. The van der Waals surface area contributed by atoms with E-state index in [-0.39, 0.29) is 5.69 Å². The Bertz CT molecular complexity index is 506. The second-order valence-corrected chi connectivity index (χ2v) is 2.92. The first kappa shape index (κ1) is 9.45. The average molecular weight is 206 g/mol. The highest BCUT2D eigenvalue weighted by Gasteiger charge is 2.16. The number of aromatic amines is 1. The summed E-state index contributed by atoms with van der Waals surface area (Å²) in [6, 6.07) is 3.35. The number of carbonyl (C=O) groups excluding carboxylic acids is 1. The van der Waals surface area contributed by atoms with Gasteiger partial charge in [-0.05, 0) is 19.1 Å². The van der Waals surface area contributed by atoms with Gasteiger partial charge in [-0.15, -0.1) is 0 Å². The Morgan fingerprint density at radius 3 is 3.13 bits per heavy atom. The molecule has 0 saturated carbocycles. The standard InChI is InChI=1S/C9H10N4O2/c1-2-15-9(14)8-7-5(12-13-8)3-4-6(10)11-7/h3-4H,2H2,1H3,(H2,10,11)(H,12,13). The van der Waals surface area contributed by atoms with Gasteiger partial charge in [0.1, 0.15) is 11.3 Å². The molecule has 6 nitrogen and oxygen atoms in total. The lowest BCUT2D eigenvalue weighted by Crippen LogP contribution is -2.06. The normalized spacial score (nSPS) is 10.5. The number of nitrogens with two attached hydrogens (primary N) is 1.